The molecule has 0 amide bonds. The zero-order valence-electron chi connectivity index (χ0n) is 15.8. The number of nitrogens with two attached hydrogens (primary N) is 1. The summed E-state index contributed by atoms with van der Waals surface area (Å²) < 4.78 is 0. The lowest BCUT2D eigenvalue weighted by molar-refractivity contribution is -0.118. The Balaban J connectivity index is 2.02. The van der Waals surface area contributed by atoms with Crippen LogP contribution >= 0.6 is 23.2 Å². The quantitative estimate of drug-likeness (QED) is 0.745. The molecule has 1 aromatic heterocycles. The maximum atomic E-state index is 13.3. The Labute approximate surface area is 177 Å². The lowest BCUT2D eigenvalue weighted by Crippen LogP contribution is -2.42. The molecule has 3 N–H and O–H groups in total. The Morgan fingerprint density at radius 1 is 1.34 bits per heavy atom. The van der Waals surface area contributed by atoms with Crippen molar-refractivity contribution < 1.29 is 4.79 Å². The first kappa shape index (κ1) is 19.5. The van der Waals surface area contributed by atoms with Crippen molar-refractivity contribution in [3.63, 3.8) is 0 Å². The molecule has 1 aliphatic heterocycles. The number of aromatic amines is 1. The first-order valence-corrected chi connectivity index (χ1v) is 9.75. The summed E-state index contributed by atoms with van der Waals surface area (Å²) >= 11 is 12.5. The highest BCUT2D eigenvalue weighted by Gasteiger charge is 2.45. The third-order valence-electron chi connectivity index (χ3n) is 5.27. The number of carbonyl (C=O) groups excluding carboxylic acids is 1. The number of rotatable bonds is 2. The summed E-state index contributed by atoms with van der Waals surface area (Å²) in [6.07, 6.45) is 2.29. The van der Waals surface area contributed by atoms with Crippen LogP contribution in [0.3, 0.4) is 0 Å². The van der Waals surface area contributed by atoms with Crippen molar-refractivity contribution in [3.05, 3.63) is 62.8 Å². The fourth-order valence-corrected chi connectivity index (χ4v) is 4.62. The number of allylic oxidation sites excluding steroid dienone is 3. The maximum Gasteiger partial charge on any atom is 0.231 e. The number of anilines is 1. The van der Waals surface area contributed by atoms with E-state index in [4.69, 9.17) is 28.9 Å². The Morgan fingerprint density at radius 2 is 2.10 bits per heavy atom. The highest BCUT2D eigenvalue weighted by Crippen LogP contribution is 2.50. The first-order chi connectivity index (χ1) is 13.7. The summed E-state index contributed by atoms with van der Waals surface area (Å²) in [6.45, 7) is 4.05. The molecule has 0 bridgehead atoms. The zero-order valence-corrected chi connectivity index (χ0v) is 17.3. The molecule has 0 unspecified atom stereocenters. The first-order valence-electron chi connectivity index (χ1n) is 9.00. The van der Waals surface area contributed by atoms with E-state index in [0.29, 0.717) is 45.7 Å². The minimum absolute atomic E-state index is 0.0444. The maximum absolute atomic E-state index is 13.3. The van der Waals surface area contributed by atoms with Crippen LogP contribution in [0, 0.1) is 16.7 Å². The number of nitrogens with one attached hydrogen (secondary N) is 1. The zero-order chi connectivity index (χ0) is 20.9. The van der Waals surface area contributed by atoms with Gasteiger partial charge in [-0.3, -0.25) is 9.69 Å². The summed E-state index contributed by atoms with van der Waals surface area (Å²) in [5, 5.41) is 17.5. The van der Waals surface area contributed by atoms with Crippen LogP contribution in [0.5, 0.6) is 0 Å². The summed E-state index contributed by atoms with van der Waals surface area (Å²) in [6, 6.07) is 7.21. The third-order valence-corrected chi connectivity index (χ3v) is 5.83. The van der Waals surface area contributed by atoms with Gasteiger partial charge in [-0.1, -0.05) is 43.1 Å². The molecule has 1 aromatic carbocycles. The molecular weight excluding hydrogens is 411 g/mol. The Hall–Kier alpha value is -2.82. The molecule has 2 aliphatic rings. The van der Waals surface area contributed by atoms with Crippen molar-refractivity contribution in [2.24, 2.45) is 11.1 Å². The summed E-state index contributed by atoms with van der Waals surface area (Å²) in [5.41, 5.74) is 8.25. The second-order valence-corrected chi connectivity index (χ2v) is 8.80. The number of nitrogens with zero attached hydrogens (tertiary/aromatic N) is 4. The highest BCUT2D eigenvalue weighted by atomic mass is 35.5. The van der Waals surface area contributed by atoms with E-state index in [9.17, 15) is 10.1 Å². The van der Waals surface area contributed by atoms with Crippen molar-refractivity contribution in [2.75, 3.05) is 4.90 Å². The van der Waals surface area contributed by atoms with E-state index in [1.807, 2.05) is 13.8 Å². The number of halogens is 2. The van der Waals surface area contributed by atoms with Crippen LogP contribution in [0.2, 0.25) is 10.0 Å². The predicted molar refractivity (Wildman–Crippen MR) is 110 cm³/mol. The number of ketones is 1. The van der Waals surface area contributed by atoms with Crippen molar-refractivity contribution in [1.82, 2.24) is 15.2 Å². The highest BCUT2D eigenvalue weighted by molar-refractivity contribution is 6.35. The number of hydrogen-bond acceptors (Lipinski definition) is 6. The van der Waals surface area contributed by atoms with Gasteiger partial charge in [0.2, 0.25) is 5.95 Å². The van der Waals surface area contributed by atoms with Crippen molar-refractivity contribution in [2.45, 2.75) is 32.6 Å². The molecule has 0 saturated heterocycles. The predicted octanol–water partition coefficient (Wildman–Crippen LogP) is 4.05. The fourth-order valence-electron chi connectivity index (χ4n) is 4.10. The number of benzene rings is 1. The monoisotopic (exact) mass is 428 g/mol. The van der Waals surface area contributed by atoms with Crippen LogP contribution in [-0.2, 0) is 4.79 Å². The van der Waals surface area contributed by atoms with Gasteiger partial charge < -0.3 is 5.73 Å². The normalized spacial score (nSPS) is 21.3. The van der Waals surface area contributed by atoms with Gasteiger partial charge in [0.25, 0.3) is 0 Å². The Bertz CT molecular complexity index is 1110. The number of Topliss-reactive ketones (excluding diaryl/α,β-unsaturated/α-hetero) is 1. The van der Waals surface area contributed by atoms with E-state index >= 15 is 0 Å². The molecule has 0 saturated carbocycles. The lowest BCUT2D eigenvalue weighted by Gasteiger charge is -2.42. The number of nitriles is 1. The SMILES string of the molecule is CC1(C)CC(=O)C2=C(C1)N(c1ncn[nH]1)C(N)=C(C#N)[C@H]2c1ccc(Cl)cc1Cl. The van der Waals surface area contributed by atoms with Gasteiger partial charge in [0.1, 0.15) is 12.1 Å². The minimum Gasteiger partial charge on any atom is -0.384 e. The van der Waals surface area contributed by atoms with E-state index < -0.39 is 5.92 Å². The molecule has 0 fully saturated rings. The molecule has 7 nitrogen and oxygen atoms in total. The summed E-state index contributed by atoms with van der Waals surface area (Å²) in [5.74, 6) is -0.155. The molecule has 2 heterocycles. The topological polar surface area (TPSA) is 112 Å². The second kappa shape index (κ2) is 6.90. The van der Waals surface area contributed by atoms with Crippen LogP contribution < -0.4 is 10.6 Å². The van der Waals surface area contributed by atoms with Crippen LogP contribution in [0.25, 0.3) is 0 Å². The molecule has 148 valence electrons. The van der Waals surface area contributed by atoms with Crippen LogP contribution in [0.15, 0.2) is 47.2 Å². The molecule has 2 aromatic rings. The van der Waals surface area contributed by atoms with E-state index in [1.54, 1.807) is 23.1 Å². The largest absolute Gasteiger partial charge is 0.384 e. The smallest absolute Gasteiger partial charge is 0.231 e. The standard InChI is InChI=1S/C20H18Cl2N6O/c1-20(2)6-14-17(15(29)7-20)16(11-4-3-10(21)5-13(11)22)12(8-23)18(24)28(14)19-25-9-26-27-19/h3-5,9,16H,6-7,24H2,1-2H3,(H,25,26,27)/t16-/m1/s1. The molecule has 1 atom stereocenters. The average Bonchev–Trinajstić information content (AvgIpc) is 3.14. The molecule has 0 radical (unpaired) electrons. The van der Waals surface area contributed by atoms with Gasteiger partial charge in [-0.2, -0.15) is 15.3 Å². The van der Waals surface area contributed by atoms with Crippen LogP contribution in [-0.4, -0.2) is 21.0 Å². The minimum atomic E-state index is -0.664. The fraction of sp³-hybridized carbons (Fsp3) is 0.300. The third kappa shape index (κ3) is 3.18. The Morgan fingerprint density at radius 3 is 2.72 bits per heavy atom. The van der Waals surface area contributed by atoms with Gasteiger partial charge in [0.15, 0.2) is 5.78 Å². The molecular formula is C20H18Cl2N6O. The molecule has 9 heteroatoms. The van der Waals surface area contributed by atoms with Gasteiger partial charge in [-0.15, -0.1) is 0 Å². The van der Waals surface area contributed by atoms with Gasteiger partial charge in [0.05, 0.1) is 17.6 Å². The van der Waals surface area contributed by atoms with Gasteiger partial charge in [0, 0.05) is 27.7 Å². The van der Waals surface area contributed by atoms with E-state index in [1.165, 1.54) is 6.33 Å². The summed E-state index contributed by atoms with van der Waals surface area (Å²) in [7, 11) is 0. The number of hydrogen-bond donors (Lipinski definition) is 2. The van der Waals surface area contributed by atoms with E-state index in [0.717, 1.165) is 0 Å². The van der Waals surface area contributed by atoms with E-state index in [2.05, 4.69) is 21.3 Å². The van der Waals surface area contributed by atoms with Crippen molar-refractivity contribution in [1.29, 1.82) is 5.26 Å². The van der Waals surface area contributed by atoms with E-state index in [-0.39, 0.29) is 22.6 Å². The average molecular weight is 429 g/mol. The molecule has 0 spiro atoms. The van der Waals surface area contributed by atoms with Crippen LogP contribution in [0.4, 0.5) is 5.95 Å². The number of H-pyrrole nitrogens is 1. The number of aromatic nitrogens is 3. The van der Waals surface area contributed by atoms with Crippen molar-refractivity contribution in [3.8, 4) is 6.07 Å². The van der Waals surface area contributed by atoms with Gasteiger partial charge in [-0.25, -0.2) is 5.10 Å². The number of carbonyl (C=O) groups is 1. The van der Waals surface area contributed by atoms with Crippen LogP contribution in [0.1, 0.15) is 38.2 Å². The molecule has 4 rings (SSSR count). The molecule has 29 heavy (non-hydrogen) atoms. The Kier molecular flexibility index (Phi) is 4.64. The van der Waals surface area contributed by atoms with Gasteiger partial charge in [-0.05, 0) is 29.5 Å². The lowest BCUT2D eigenvalue weighted by atomic mass is 9.68. The van der Waals surface area contributed by atoms with Crippen molar-refractivity contribution >= 4 is 34.9 Å². The molecule has 1 aliphatic carbocycles. The summed E-state index contributed by atoms with van der Waals surface area (Å²) in [4.78, 5) is 19.1. The van der Waals surface area contributed by atoms with Gasteiger partial charge >= 0.3 is 0 Å². The second-order valence-electron chi connectivity index (χ2n) is 7.96.